The van der Waals surface area contributed by atoms with Crippen LogP contribution in [0.25, 0.3) is 0 Å². The van der Waals surface area contributed by atoms with Crippen LogP contribution in [0.15, 0.2) is 4.52 Å². The standard InChI is InChI=1S/C15H24N2O3/c1-10(12-16-14(17-20-12)15(2,3)4)19-13(18)11-8-6-5-7-9-11/h10-11H,5-9H2,1-4H3. The van der Waals surface area contributed by atoms with Crippen LogP contribution in [0.3, 0.4) is 0 Å². The molecule has 1 aromatic rings. The molecule has 0 N–H and O–H groups in total. The average molecular weight is 280 g/mol. The number of carbonyl (C=O) groups is 1. The minimum atomic E-state index is -0.479. The lowest BCUT2D eigenvalue weighted by molar-refractivity contribution is -0.156. The number of hydrogen-bond acceptors (Lipinski definition) is 5. The number of hydrogen-bond donors (Lipinski definition) is 0. The van der Waals surface area contributed by atoms with Crippen LogP contribution in [-0.4, -0.2) is 16.1 Å². The van der Waals surface area contributed by atoms with E-state index in [0.29, 0.717) is 11.7 Å². The van der Waals surface area contributed by atoms with Crippen LogP contribution >= 0.6 is 0 Å². The highest BCUT2D eigenvalue weighted by atomic mass is 16.6. The number of nitrogens with zero attached hydrogens (tertiary/aromatic N) is 2. The largest absolute Gasteiger partial charge is 0.452 e. The van der Waals surface area contributed by atoms with Gasteiger partial charge in [-0.15, -0.1) is 0 Å². The van der Waals surface area contributed by atoms with E-state index in [1.54, 1.807) is 6.92 Å². The zero-order valence-electron chi connectivity index (χ0n) is 12.8. The van der Waals surface area contributed by atoms with Crippen LogP contribution in [0.5, 0.6) is 0 Å². The number of carbonyl (C=O) groups excluding carboxylic acids is 1. The van der Waals surface area contributed by atoms with E-state index in [9.17, 15) is 4.79 Å². The third-order valence-corrected chi connectivity index (χ3v) is 3.69. The Labute approximate surface area is 120 Å². The maximum Gasteiger partial charge on any atom is 0.309 e. The highest BCUT2D eigenvalue weighted by Crippen LogP contribution is 2.27. The fraction of sp³-hybridized carbons (Fsp3) is 0.800. The molecule has 20 heavy (non-hydrogen) atoms. The van der Waals surface area contributed by atoms with Gasteiger partial charge < -0.3 is 9.26 Å². The normalized spacial score (nSPS) is 18.8. The van der Waals surface area contributed by atoms with Crippen LogP contribution in [-0.2, 0) is 14.9 Å². The third-order valence-electron chi connectivity index (χ3n) is 3.69. The van der Waals surface area contributed by atoms with Crippen molar-refractivity contribution in [3.8, 4) is 0 Å². The molecule has 0 radical (unpaired) electrons. The Hall–Kier alpha value is -1.39. The van der Waals surface area contributed by atoms with E-state index in [4.69, 9.17) is 9.26 Å². The van der Waals surface area contributed by atoms with Crippen molar-refractivity contribution in [2.24, 2.45) is 5.92 Å². The molecule has 1 aliphatic carbocycles. The van der Waals surface area contributed by atoms with Crippen LogP contribution in [0, 0.1) is 5.92 Å². The number of rotatable bonds is 3. The number of esters is 1. The topological polar surface area (TPSA) is 65.2 Å². The van der Waals surface area contributed by atoms with Gasteiger partial charge in [-0.05, 0) is 19.8 Å². The number of aromatic nitrogens is 2. The highest BCUT2D eigenvalue weighted by molar-refractivity contribution is 5.72. The average Bonchev–Trinajstić information content (AvgIpc) is 2.89. The summed E-state index contributed by atoms with van der Waals surface area (Å²) in [6.07, 6.45) is 4.84. The fourth-order valence-corrected chi connectivity index (χ4v) is 2.36. The third kappa shape index (κ3) is 3.58. The molecule has 1 saturated carbocycles. The molecule has 5 heteroatoms. The van der Waals surface area contributed by atoms with Crippen molar-refractivity contribution < 1.29 is 14.1 Å². The predicted octanol–water partition coefficient (Wildman–Crippen LogP) is 3.55. The Bertz CT molecular complexity index is 456. The van der Waals surface area contributed by atoms with Crippen LogP contribution in [0.4, 0.5) is 0 Å². The maximum atomic E-state index is 12.1. The van der Waals surface area contributed by atoms with E-state index in [1.165, 1.54) is 6.42 Å². The van der Waals surface area contributed by atoms with E-state index in [1.807, 2.05) is 20.8 Å². The molecule has 0 amide bonds. The zero-order valence-corrected chi connectivity index (χ0v) is 12.8. The molecule has 1 atom stereocenters. The number of ether oxygens (including phenoxy) is 1. The van der Waals surface area contributed by atoms with E-state index < -0.39 is 6.10 Å². The quantitative estimate of drug-likeness (QED) is 0.792. The lowest BCUT2D eigenvalue weighted by Gasteiger charge is -2.21. The molecule has 1 fully saturated rings. The first-order valence-electron chi connectivity index (χ1n) is 7.42. The summed E-state index contributed by atoms with van der Waals surface area (Å²) in [7, 11) is 0. The molecule has 2 rings (SSSR count). The maximum absolute atomic E-state index is 12.1. The molecular weight excluding hydrogens is 256 g/mol. The molecule has 1 unspecified atom stereocenters. The molecule has 1 heterocycles. The van der Waals surface area contributed by atoms with Gasteiger partial charge in [0, 0.05) is 5.41 Å². The van der Waals surface area contributed by atoms with Gasteiger partial charge in [0.15, 0.2) is 11.9 Å². The summed E-state index contributed by atoms with van der Waals surface area (Å²) in [5.74, 6) is 0.913. The van der Waals surface area contributed by atoms with E-state index in [-0.39, 0.29) is 17.3 Å². The molecule has 0 saturated heterocycles. The SMILES string of the molecule is CC(OC(=O)C1CCCCC1)c1nc(C(C)(C)C)no1. The van der Waals surface area contributed by atoms with Crippen molar-refractivity contribution >= 4 is 5.97 Å². The molecule has 0 bridgehead atoms. The summed E-state index contributed by atoms with van der Waals surface area (Å²) < 4.78 is 10.7. The molecule has 1 aliphatic rings. The smallest absolute Gasteiger partial charge is 0.309 e. The van der Waals surface area contributed by atoms with Crippen molar-refractivity contribution in [3.05, 3.63) is 11.7 Å². The summed E-state index contributed by atoms with van der Waals surface area (Å²) in [6, 6.07) is 0. The monoisotopic (exact) mass is 280 g/mol. The van der Waals surface area contributed by atoms with E-state index in [2.05, 4.69) is 10.1 Å². The molecule has 0 aromatic carbocycles. The second-order valence-electron chi connectivity index (χ2n) is 6.62. The van der Waals surface area contributed by atoms with Gasteiger partial charge in [-0.1, -0.05) is 45.2 Å². The van der Waals surface area contributed by atoms with Gasteiger partial charge in [0.25, 0.3) is 5.89 Å². The Morgan fingerprint density at radius 3 is 2.50 bits per heavy atom. The summed E-state index contributed by atoms with van der Waals surface area (Å²) in [4.78, 5) is 16.4. The lowest BCUT2D eigenvalue weighted by atomic mass is 9.89. The van der Waals surface area contributed by atoms with E-state index >= 15 is 0 Å². The lowest BCUT2D eigenvalue weighted by Crippen LogP contribution is -2.22. The van der Waals surface area contributed by atoms with Gasteiger partial charge >= 0.3 is 5.97 Å². The van der Waals surface area contributed by atoms with Crippen molar-refractivity contribution in [1.82, 2.24) is 10.1 Å². The van der Waals surface area contributed by atoms with Gasteiger partial charge in [-0.25, -0.2) is 0 Å². The van der Waals surface area contributed by atoms with Gasteiger partial charge in [0.05, 0.1) is 5.92 Å². The second-order valence-corrected chi connectivity index (χ2v) is 6.62. The Morgan fingerprint density at radius 1 is 1.30 bits per heavy atom. The summed E-state index contributed by atoms with van der Waals surface area (Å²) in [5, 5.41) is 3.95. The van der Waals surface area contributed by atoms with Gasteiger partial charge in [-0.3, -0.25) is 4.79 Å². The molecule has 1 aromatic heterocycles. The minimum absolute atomic E-state index is 0.0382. The predicted molar refractivity (Wildman–Crippen MR) is 74.1 cm³/mol. The second kappa shape index (κ2) is 5.94. The molecular formula is C15H24N2O3. The summed E-state index contributed by atoms with van der Waals surface area (Å²) in [5.41, 5.74) is -0.172. The van der Waals surface area contributed by atoms with Crippen molar-refractivity contribution in [3.63, 3.8) is 0 Å². The molecule has 112 valence electrons. The minimum Gasteiger partial charge on any atom is -0.452 e. The van der Waals surface area contributed by atoms with Gasteiger partial charge in [-0.2, -0.15) is 4.98 Å². The van der Waals surface area contributed by atoms with Crippen molar-refractivity contribution in [1.29, 1.82) is 0 Å². The molecule has 0 aliphatic heterocycles. The fourth-order valence-electron chi connectivity index (χ4n) is 2.36. The van der Waals surface area contributed by atoms with Gasteiger partial charge in [0.2, 0.25) is 0 Å². The van der Waals surface area contributed by atoms with E-state index in [0.717, 1.165) is 25.7 Å². The van der Waals surface area contributed by atoms with Crippen LogP contribution in [0.2, 0.25) is 0 Å². The Kier molecular flexibility index (Phi) is 4.45. The van der Waals surface area contributed by atoms with Gasteiger partial charge in [0.1, 0.15) is 0 Å². The summed E-state index contributed by atoms with van der Waals surface area (Å²) in [6.45, 7) is 7.82. The Balaban J connectivity index is 1.95. The Morgan fingerprint density at radius 2 is 1.95 bits per heavy atom. The first-order chi connectivity index (χ1) is 9.38. The van der Waals surface area contributed by atoms with Crippen LogP contribution in [0.1, 0.15) is 77.6 Å². The van der Waals surface area contributed by atoms with Crippen molar-refractivity contribution in [2.75, 3.05) is 0 Å². The molecule has 0 spiro atoms. The molecule has 5 nitrogen and oxygen atoms in total. The van der Waals surface area contributed by atoms with Crippen LogP contribution < -0.4 is 0 Å². The first-order valence-corrected chi connectivity index (χ1v) is 7.42. The summed E-state index contributed by atoms with van der Waals surface area (Å²) >= 11 is 0. The van der Waals surface area contributed by atoms with Crippen molar-refractivity contribution in [2.45, 2.75) is 71.3 Å². The first kappa shape index (κ1) is 15.0. The zero-order chi connectivity index (χ0) is 14.8. The highest BCUT2D eigenvalue weighted by Gasteiger charge is 2.28.